The number of nitrogens with one attached hydrogen (secondary N) is 2. The molecule has 0 atom stereocenters. The summed E-state index contributed by atoms with van der Waals surface area (Å²) in [6.07, 6.45) is 9.99. The van der Waals surface area contributed by atoms with Gasteiger partial charge < -0.3 is 11.5 Å². The van der Waals surface area contributed by atoms with Gasteiger partial charge in [0.25, 0.3) is 0 Å². The summed E-state index contributed by atoms with van der Waals surface area (Å²) in [7, 11) is 0. The summed E-state index contributed by atoms with van der Waals surface area (Å²) in [6.45, 7) is 0. The van der Waals surface area contributed by atoms with Crippen molar-refractivity contribution in [1.82, 2.24) is 0 Å². The lowest BCUT2D eigenvalue weighted by molar-refractivity contribution is 1.37. The van der Waals surface area contributed by atoms with Gasteiger partial charge in [-0.3, -0.25) is 10.8 Å². The molecule has 2 aliphatic rings. The maximum Gasteiger partial charge on any atom is 0.0907 e. The van der Waals surface area contributed by atoms with E-state index in [0.717, 1.165) is 0 Å². The molecule has 6 N–H and O–H groups in total. The average Bonchev–Trinajstić information content (AvgIpc) is 2.56. The van der Waals surface area contributed by atoms with Crippen molar-refractivity contribution in [3.8, 4) is 0 Å². The van der Waals surface area contributed by atoms with E-state index >= 15 is 0 Å². The van der Waals surface area contributed by atoms with Crippen LogP contribution in [0.15, 0.2) is 82.1 Å². The first-order chi connectivity index (χ1) is 11.5. The molecule has 1 aromatic carbocycles. The highest BCUT2D eigenvalue weighted by atomic mass is 14.8. The zero-order valence-electron chi connectivity index (χ0n) is 12.8. The molecule has 2 aliphatic carbocycles. The Balaban J connectivity index is 1.95. The van der Waals surface area contributed by atoms with Gasteiger partial charge in [-0.1, -0.05) is 12.1 Å². The molecule has 6 heteroatoms. The third-order valence-corrected chi connectivity index (χ3v) is 3.45. The summed E-state index contributed by atoms with van der Waals surface area (Å²) >= 11 is 0. The Morgan fingerprint density at radius 1 is 0.750 bits per heavy atom. The van der Waals surface area contributed by atoms with Crippen molar-refractivity contribution in [1.29, 1.82) is 10.8 Å². The van der Waals surface area contributed by atoms with Crippen LogP contribution in [0.1, 0.15) is 0 Å². The van der Waals surface area contributed by atoms with Crippen LogP contribution in [0, 0.1) is 10.8 Å². The monoisotopic (exact) mass is 316 g/mol. The number of nitrogens with two attached hydrogens (primary N) is 2. The van der Waals surface area contributed by atoms with Gasteiger partial charge in [-0.15, -0.1) is 0 Å². The standard InChI is InChI=1S/C18H16N6/c19-13-7-5-11(9-16(13)22)24-18-10-12(6-8-15(18)21)23-17-4-2-1-3-14(17)20/h1-10,19,21H,20,22H2. The largest absolute Gasteiger partial charge is 0.397 e. The highest BCUT2D eigenvalue weighted by molar-refractivity contribution is 6.24. The Labute approximate surface area is 139 Å². The van der Waals surface area contributed by atoms with Crippen molar-refractivity contribution in [2.24, 2.45) is 15.7 Å². The third kappa shape index (κ3) is 3.27. The Morgan fingerprint density at radius 2 is 1.42 bits per heavy atom. The van der Waals surface area contributed by atoms with Gasteiger partial charge in [0.2, 0.25) is 0 Å². The number of nitrogens with zero attached hydrogens (tertiary/aromatic N) is 2. The third-order valence-electron chi connectivity index (χ3n) is 3.45. The Bertz CT molecular complexity index is 909. The number of para-hydroxylation sites is 2. The zero-order chi connectivity index (χ0) is 17.1. The van der Waals surface area contributed by atoms with Crippen LogP contribution in [-0.2, 0) is 0 Å². The summed E-state index contributed by atoms with van der Waals surface area (Å²) in [4.78, 5) is 8.92. The molecule has 0 spiro atoms. The minimum absolute atomic E-state index is 0.253. The van der Waals surface area contributed by atoms with E-state index in [1.54, 1.807) is 42.5 Å². The average molecular weight is 316 g/mol. The fourth-order valence-electron chi connectivity index (χ4n) is 2.17. The molecular weight excluding hydrogens is 300 g/mol. The molecule has 0 saturated heterocycles. The smallest absolute Gasteiger partial charge is 0.0907 e. The van der Waals surface area contributed by atoms with Crippen molar-refractivity contribution < 1.29 is 0 Å². The van der Waals surface area contributed by atoms with Crippen LogP contribution >= 0.6 is 0 Å². The van der Waals surface area contributed by atoms with Crippen molar-refractivity contribution in [2.45, 2.75) is 0 Å². The van der Waals surface area contributed by atoms with Crippen LogP contribution < -0.4 is 11.5 Å². The van der Waals surface area contributed by atoms with Gasteiger partial charge in [-0.25, -0.2) is 9.98 Å². The van der Waals surface area contributed by atoms with Crippen molar-refractivity contribution in [3.63, 3.8) is 0 Å². The summed E-state index contributed by atoms with van der Waals surface area (Å²) in [6, 6.07) is 7.33. The normalized spacial score (nSPS) is 20.5. The number of rotatable bonds is 2. The minimum Gasteiger partial charge on any atom is -0.397 e. The second kappa shape index (κ2) is 6.29. The molecule has 118 valence electrons. The van der Waals surface area contributed by atoms with Gasteiger partial charge in [-0.2, -0.15) is 0 Å². The van der Waals surface area contributed by atoms with Crippen molar-refractivity contribution in [3.05, 3.63) is 72.1 Å². The fourth-order valence-corrected chi connectivity index (χ4v) is 2.17. The molecule has 0 radical (unpaired) electrons. The first-order valence-corrected chi connectivity index (χ1v) is 7.28. The van der Waals surface area contributed by atoms with Gasteiger partial charge >= 0.3 is 0 Å². The predicted molar refractivity (Wildman–Crippen MR) is 99.5 cm³/mol. The van der Waals surface area contributed by atoms with Crippen molar-refractivity contribution in [2.75, 3.05) is 5.73 Å². The lowest BCUT2D eigenvalue weighted by atomic mass is 10.1. The number of anilines is 1. The molecule has 1 aromatic rings. The maximum absolute atomic E-state index is 8.01. The van der Waals surface area contributed by atoms with E-state index in [9.17, 15) is 0 Å². The van der Waals surface area contributed by atoms with E-state index < -0.39 is 0 Å². The predicted octanol–water partition coefficient (Wildman–Crippen LogP) is 2.69. The molecule has 0 amide bonds. The van der Waals surface area contributed by atoms with Gasteiger partial charge in [0.15, 0.2) is 0 Å². The van der Waals surface area contributed by atoms with Gasteiger partial charge in [0.05, 0.1) is 45.6 Å². The van der Waals surface area contributed by atoms with Gasteiger partial charge in [0.1, 0.15) is 0 Å². The first-order valence-electron chi connectivity index (χ1n) is 7.28. The molecule has 0 bridgehead atoms. The van der Waals surface area contributed by atoms with Crippen LogP contribution in [0.4, 0.5) is 11.4 Å². The molecule has 0 saturated carbocycles. The highest BCUT2D eigenvalue weighted by Gasteiger charge is 2.11. The minimum atomic E-state index is 0.253. The number of hydrogen-bond acceptors (Lipinski definition) is 6. The number of benzene rings is 1. The maximum atomic E-state index is 8.01. The summed E-state index contributed by atoms with van der Waals surface area (Å²) in [5.74, 6) is 0. The van der Waals surface area contributed by atoms with Crippen LogP contribution in [0.5, 0.6) is 0 Å². The summed E-state index contributed by atoms with van der Waals surface area (Å²) < 4.78 is 0. The first kappa shape index (κ1) is 15.4. The Hall–Kier alpha value is -3.54. The van der Waals surface area contributed by atoms with Crippen molar-refractivity contribution >= 4 is 34.2 Å². The second-order valence-corrected chi connectivity index (χ2v) is 5.26. The van der Waals surface area contributed by atoms with Gasteiger partial charge in [-0.05, 0) is 48.6 Å². The van der Waals surface area contributed by atoms with Crippen LogP contribution in [0.3, 0.4) is 0 Å². The number of aliphatic imine (C=N–C) groups is 2. The van der Waals surface area contributed by atoms with Crippen LogP contribution in [0.25, 0.3) is 0 Å². The number of allylic oxidation sites excluding steroid dienone is 6. The fraction of sp³-hybridized carbons (Fsp3) is 0. The van der Waals surface area contributed by atoms with E-state index in [1.807, 2.05) is 18.2 Å². The summed E-state index contributed by atoms with van der Waals surface area (Å²) in [5, 5.41) is 15.6. The lowest BCUT2D eigenvalue weighted by Gasteiger charge is -2.10. The lowest BCUT2D eigenvalue weighted by Crippen LogP contribution is -2.15. The molecule has 24 heavy (non-hydrogen) atoms. The van der Waals surface area contributed by atoms with E-state index in [2.05, 4.69) is 9.98 Å². The highest BCUT2D eigenvalue weighted by Crippen LogP contribution is 2.22. The van der Waals surface area contributed by atoms with Crippen LogP contribution in [0.2, 0.25) is 0 Å². The van der Waals surface area contributed by atoms with E-state index in [4.69, 9.17) is 22.3 Å². The quantitative estimate of drug-likeness (QED) is 0.495. The molecule has 0 heterocycles. The molecule has 3 rings (SSSR count). The number of hydrogen-bond donors (Lipinski definition) is 4. The van der Waals surface area contributed by atoms with E-state index in [1.165, 1.54) is 0 Å². The molecule has 0 aromatic heterocycles. The summed E-state index contributed by atoms with van der Waals surface area (Å²) in [5.41, 5.74) is 15.5. The SMILES string of the molecule is N=C1C=CC(=NC2=CC(=Nc3ccccc3N)C=CC2=N)C=C1N. The molecule has 0 unspecified atom stereocenters. The van der Waals surface area contributed by atoms with E-state index in [-0.39, 0.29) is 11.4 Å². The van der Waals surface area contributed by atoms with E-state index in [0.29, 0.717) is 34.2 Å². The number of nitrogen functional groups attached to an aromatic ring is 1. The topological polar surface area (TPSA) is 124 Å². The van der Waals surface area contributed by atoms with Gasteiger partial charge in [0, 0.05) is 0 Å². The molecule has 0 fully saturated rings. The Morgan fingerprint density at radius 3 is 2.12 bits per heavy atom. The molecule has 0 aliphatic heterocycles. The molecule has 6 nitrogen and oxygen atoms in total. The van der Waals surface area contributed by atoms with Crippen LogP contribution in [-0.4, -0.2) is 22.8 Å². The zero-order valence-corrected chi connectivity index (χ0v) is 12.8. The Kier molecular flexibility index (Phi) is 4.03. The molecular formula is C18H16N6. The second-order valence-electron chi connectivity index (χ2n) is 5.26.